The number of fused-ring (bicyclic) bond motifs is 1. The van der Waals surface area contributed by atoms with Gasteiger partial charge in [-0.25, -0.2) is 0 Å². The van der Waals surface area contributed by atoms with Crippen molar-refractivity contribution in [3.8, 4) is 5.75 Å². The zero-order chi connectivity index (χ0) is 30.0. The van der Waals surface area contributed by atoms with Gasteiger partial charge in [-0.2, -0.15) is 0 Å². The minimum Gasteiger partial charge on any atom is -0.497 e. The Labute approximate surface area is 254 Å². The molecule has 3 aliphatic heterocycles. The molecule has 0 aliphatic carbocycles. The molecule has 42 heavy (non-hydrogen) atoms. The van der Waals surface area contributed by atoms with Crippen molar-refractivity contribution in [1.82, 2.24) is 14.7 Å². The highest BCUT2D eigenvalue weighted by atomic mass is 35.5. The average Bonchev–Trinajstić information content (AvgIpc) is 3.55. The summed E-state index contributed by atoms with van der Waals surface area (Å²) in [5.41, 5.74) is 3.52. The van der Waals surface area contributed by atoms with Crippen molar-refractivity contribution in [3.05, 3.63) is 58.1 Å². The van der Waals surface area contributed by atoms with Gasteiger partial charge in [0.05, 0.1) is 7.11 Å². The molecular formula is C33H43ClN4O4. The maximum Gasteiger partial charge on any atom is 0.254 e. The number of aryl methyl sites for hydroxylation is 2. The topological polar surface area (TPSA) is 73.4 Å². The van der Waals surface area contributed by atoms with Crippen molar-refractivity contribution < 1.29 is 19.1 Å². The second-order valence-corrected chi connectivity index (χ2v) is 12.6. The highest BCUT2D eigenvalue weighted by Crippen LogP contribution is 2.33. The first-order valence-electron chi connectivity index (χ1n) is 15.1. The van der Waals surface area contributed by atoms with E-state index in [0.717, 1.165) is 67.3 Å². The van der Waals surface area contributed by atoms with Gasteiger partial charge in [-0.05, 0) is 92.9 Å². The SMILES string of the molecule is COc1ccc(C(=O)N2CC3CN(CCCN(C(=O)C4CCN(C(C)=O)CC4)c4ccc(C)c(Cl)c4)CC3C2)c(C)c1. The third-order valence-electron chi connectivity index (χ3n) is 9.39. The summed E-state index contributed by atoms with van der Waals surface area (Å²) in [6.07, 6.45) is 2.24. The molecule has 0 radical (unpaired) electrons. The van der Waals surface area contributed by atoms with Gasteiger partial charge < -0.3 is 24.3 Å². The number of hydrogen-bond acceptors (Lipinski definition) is 5. The molecular weight excluding hydrogens is 552 g/mol. The van der Waals surface area contributed by atoms with Gasteiger partial charge in [-0.3, -0.25) is 14.4 Å². The Kier molecular flexibility index (Phi) is 9.43. The van der Waals surface area contributed by atoms with E-state index in [4.69, 9.17) is 16.3 Å². The van der Waals surface area contributed by atoms with Crippen LogP contribution < -0.4 is 9.64 Å². The molecule has 9 heteroatoms. The second kappa shape index (κ2) is 13.0. The number of methoxy groups -OCH3 is 1. The summed E-state index contributed by atoms with van der Waals surface area (Å²) >= 11 is 6.47. The molecule has 3 saturated heterocycles. The van der Waals surface area contributed by atoms with E-state index in [1.807, 2.05) is 64.9 Å². The Bertz CT molecular complexity index is 1310. The van der Waals surface area contributed by atoms with Gasteiger partial charge in [0.2, 0.25) is 11.8 Å². The van der Waals surface area contributed by atoms with Crippen molar-refractivity contribution in [2.75, 3.05) is 64.4 Å². The van der Waals surface area contributed by atoms with Crippen LogP contribution in [0.2, 0.25) is 5.02 Å². The quantitative estimate of drug-likeness (QED) is 0.445. The predicted octanol–water partition coefficient (Wildman–Crippen LogP) is 4.65. The van der Waals surface area contributed by atoms with E-state index in [1.165, 1.54) is 0 Å². The lowest BCUT2D eigenvalue weighted by Gasteiger charge is -2.34. The largest absolute Gasteiger partial charge is 0.497 e. The number of amides is 3. The van der Waals surface area contributed by atoms with Gasteiger partial charge in [0.15, 0.2) is 0 Å². The Morgan fingerprint density at radius 1 is 0.929 bits per heavy atom. The summed E-state index contributed by atoms with van der Waals surface area (Å²) in [7, 11) is 1.64. The highest BCUT2D eigenvalue weighted by Gasteiger charge is 2.41. The molecule has 226 valence electrons. The molecule has 3 aliphatic rings. The van der Waals surface area contributed by atoms with Crippen LogP contribution in [-0.2, 0) is 9.59 Å². The van der Waals surface area contributed by atoms with Crippen molar-refractivity contribution in [2.45, 2.75) is 40.0 Å². The van der Waals surface area contributed by atoms with Gasteiger partial charge in [-0.15, -0.1) is 0 Å². The van der Waals surface area contributed by atoms with Gasteiger partial charge in [-0.1, -0.05) is 17.7 Å². The standard InChI is InChI=1S/C33H43ClN4O4/c1-22-6-7-28(17-31(22)34)38(32(40)25-10-14-36(15-11-25)24(3)39)13-5-12-35-18-26-20-37(21-27(26)19-35)33(41)30-9-8-29(42-4)16-23(30)2/h6-9,16-17,25-27H,5,10-15,18-21H2,1-4H3. The van der Waals surface area contributed by atoms with Crippen LogP contribution in [-0.4, -0.2) is 91.9 Å². The minimum absolute atomic E-state index is 0.0711. The Balaban J connectivity index is 1.16. The van der Waals surface area contributed by atoms with Crippen LogP contribution in [0.4, 0.5) is 5.69 Å². The summed E-state index contributed by atoms with van der Waals surface area (Å²) in [6.45, 7) is 11.8. The zero-order valence-corrected chi connectivity index (χ0v) is 26.0. The molecule has 3 amide bonds. The molecule has 0 saturated carbocycles. The molecule has 2 atom stereocenters. The van der Waals surface area contributed by atoms with E-state index in [0.29, 0.717) is 49.3 Å². The molecule has 5 rings (SSSR count). The molecule has 2 aromatic rings. The lowest BCUT2D eigenvalue weighted by atomic mass is 9.94. The van der Waals surface area contributed by atoms with Gasteiger partial charge in [0, 0.05) is 74.9 Å². The van der Waals surface area contributed by atoms with Crippen molar-refractivity contribution in [2.24, 2.45) is 17.8 Å². The van der Waals surface area contributed by atoms with Crippen LogP contribution in [0.15, 0.2) is 36.4 Å². The molecule has 8 nitrogen and oxygen atoms in total. The average molecular weight is 595 g/mol. The van der Waals surface area contributed by atoms with Crippen LogP contribution in [0.5, 0.6) is 5.75 Å². The summed E-state index contributed by atoms with van der Waals surface area (Å²) < 4.78 is 5.29. The normalized spacial score (nSPS) is 21.0. The number of benzene rings is 2. The van der Waals surface area contributed by atoms with Crippen molar-refractivity contribution >= 4 is 35.0 Å². The number of carbonyl (C=O) groups excluding carboxylic acids is 3. The fraction of sp³-hybridized carbons (Fsp3) is 0.545. The summed E-state index contributed by atoms with van der Waals surface area (Å²) in [5.74, 6) is 1.93. The number of anilines is 1. The minimum atomic E-state index is -0.0929. The van der Waals surface area contributed by atoms with Crippen molar-refractivity contribution in [1.29, 1.82) is 0 Å². The lowest BCUT2D eigenvalue weighted by molar-refractivity contribution is -0.133. The molecule has 0 N–H and O–H groups in total. The highest BCUT2D eigenvalue weighted by molar-refractivity contribution is 6.31. The van der Waals surface area contributed by atoms with Crippen LogP contribution >= 0.6 is 11.6 Å². The van der Waals surface area contributed by atoms with Crippen LogP contribution in [0.3, 0.4) is 0 Å². The number of nitrogens with zero attached hydrogens (tertiary/aromatic N) is 4. The van der Waals surface area contributed by atoms with E-state index in [1.54, 1.807) is 14.0 Å². The molecule has 0 spiro atoms. The summed E-state index contributed by atoms with van der Waals surface area (Å²) in [5, 5.41) is 0.660. The fourth-order valence-electron chi connectivity index (χ4n) is 6.84. The second-order valence-electron chi connectivity index (χ2n) is 12.2. The molecule has 3 fully saturated rings. The maximum atomic E-state index is 13.8. The number of halogens is 1. The first kappa shape index (κ1) is 30.4. The van der Waals surface area contributed by atoms with E-state index >= 15 is 0 Å². The number of piperidine rings is 1. The smallest absolute Gasteiger partial charge is 0.254 e. The van der Waals surface area contributed by atoms with E-state index in [9.17, 15) is 14.4 Å². The monoisotopic (exact) mass is 594 g/mol. The number of carbonyl (C=O) groups is 3. The van der Waals surface area contributed by atoms with Crippen LogP contribution in [0.25, 0.3) is 0 Å². The molecule has 3 heterocycles. The number of hydrogen-bond donors (Lipinski definition) is 0. The molecule has 0 bridgehead atoms. The first-order valence-corrected chi connectivity index (χ1v) is 15.5. The predicted molar refractivity (Wildman–Crippen MR) is 165 cm³/mol. The zero-order valence-electron chi connectivity index (χ0n) is 25.3. The molecule has 2 unspecified atom stereocenters. The number of ether oxygens (including phenoxy) is 1. The van der Waals surface area contributed by atoms with Crippen LogP contribution in [0, 0.1) is 31.6 Å². The van der Waals surface area contributed by atoms with Gasteiger partial charge in [0.25, 0.3) is 5.91 Å². The van der Waals surface area contributed by atoms with E-state index in [-0.39, 0.29) is 23.6 Å². The number of likely N-dealkylation sites (tertiary alicyclic amines) is 3. The Morgan fingerprint density at radius 2 is 1.62 bits per heavy atom. The Morgan fingerprint density at radius 3 is 2.21 bits per heavy atom. The molecule has 0 aromatic heterocycles. The van der Waals surface area contributed by atoms with Crippen LogP contribution in [0.1, 0.15) is 47.7 Å². The summed E-state index contributed by atoms with van der Waals surface area (Å²) in [4.78, 5) is 47.0. The van der Waals surface area contributed by atoms with Gasteiger partial charge in [0.1, 0.15) is 5.75 Å². The first-order chi connectivity index (χ1) is 20.1. The van der Waals surface area contributed by atoms with E-state index < -0.39 is 0 Å². The maximum absolute atomic E-state index is 13.8. The molecule has 2 aromatic carbocycles. The summed E-state index contributed by atoms with van der Waals surface area (Å²) in [6, 6.07) is 11.5. The van der Waals surface area contributed by atoms with E-state index in [2.05, 4.69) is 4.90 Å². The third kappa shape index (κ3) is 6.60. The van der Waals surface area contributed by atoms with Crippen molar-refractivity contribution in [3.63, 3.8) is 0 Å². The number of rotatable bonds is 8. The Hall–Kier alpha value is -3.10. The fourth-order valence-corrected chi connectivity index (χ4v) is 7.02. The van der Waals surface area contributed by atoms with Gasteiger partial charge >= 0.3 is 0 Å². The lowest BCUT2D eigenvalue weighted by Crippen LogP contribution is -2.44. The third-order valence-corrected chi connectivity index (χ3v) is 9.80.